The average molecular weight is 288 g/mol. The van der Waals surface area contributed by atoms with Gasteiger partial charge < -0.3 is 0 Å². The van der Waals surface area contributed by atoms with Crippen LogP contribution in [-0.4, -0.2) is 15.0 Å². The molecule has 0 atom stereocenters. The van der Waals surface area contributed by atoms with Crippen molar-refractivity contribution in [2.45, 2.75) is 11.3 Å². The number of rotatable bonds is 6. The van der Waals surface area contributed by atoms with E-state index in [1.54, 1.807) is 18.2 Å². The van der Waals surface area contributed by atoms with Crippen LogP contribution in [0.3, 0.4) is 0 Å². The Morgan fingerprint density at radius 1 is 1.00 bits per heavy atom. The maximum Gasteiger partial charge on any atom is 0.296 e. The molecule has 3 nitrogen and oxygen atoms in total. The lowest BCUT2D eigenvalue weighted by Crippen LogP contribution is -2.09. The SMILES string of the molecule is C=Cc1ccc(S(=O)(=O)OCCc2ccccc2)cc1. The molecule has 20 heavy (non-hydrogen) atoms. The second-order valence-electron chi connectivity index (χ2n) is 4.28. The first-order chi connectivity index (χ1) is 9.62. The zero-order valence-electron chi connectivity index (χ0n) is 11.0. The van der Waals surface area contributed by atoms with Crippen molar-refractivity contribution in [1.29, 1.82) is 0 Å². The summed E-state index contributed by atoms with van der Waals surface area (Å²) in [5.41, 5.74) is 1.91. The Labute approximate surface area is 119 Å². The van der Waals surface area contributed by atoms with E-state index in [2.05, 4.69) is 6.58 Å². The van der Waals surface area contributed by atoms with Crippen molar-refractivity contribution in [2.75, 3.05) is 6.61 Å². The fourth-order valence-corrected chi connectivity index (χ4v) is 2.66. The molecule has 0 aliphatic heterocycles. The standard InChI is InChI=1S/C16H16O3S/c1-2-14-8-10-16(11-9-14)20(17,18)19-13-12-15-6-4-3-5-7-15/h2-11H,1,12-13H2. The van der Waals surface area contributed by atoms with Gasteiger partial charge in [-0.3, -0.25) is 4.18 Å². The first kappa shape index (κ1) is 14.5. The van der Waals surface area contributed by atoms with Gasteiger partial charge in [-0.2, -0.15) is 8.42 Å². The van der Waals surface area contributed by atoms with Gasteiger partial charge in [0.05, 0.1) is 11.5 Å². The molecule has 0 radical (unpaired) electrons. The summed E-state index contributed by atoms with van der Waals surface area (Å²) in [7, 11) is -3.69. The molecule has 0 saturated heterocycles. The Morgan fingerprint density at radius 3 is 2.25 bits per heavy atom. The summed E-state index contributed by atoms with van der Waals surface area (Å²) in [5, 5.41) is 0. The largest absolute Gasteiger partial charge is 0.296 e. The molecule has 0 bridgehead atoms. The molecule has 0 aliphatic rings. The smallest absolute Gasteiger partial charge is 0.266 e. The fourth-order valence-electron chi connectivity index (χ4n) is 1.75. The zero-order valence-corrected chi connectivity index (χ0v) is 11.8. The van der Waals surface area contributed by atoms with E-state index in [9.17, 15) is 8.42 Å². The van der Waals surface area contributed by atoms with Gasteiger partial charge in [-0.25, -0.2) is 0 Å². The summed E-state index contributed by atoms with van der Waals surface area (Å²) in [6.45, 7) is 3.76. The van der Waals surface area contributed by atoms with Gasteiger partial charge in [-0.15, -0.1) is 0 Å². The fraction of sp³-hybridized carbons (Fsp3) is 0.125. The first-order valence-corrected chi connectivity index (χ1v) is 7.68. The number of hydrogen-bond donors (Lipinski definition) is 0. The monoisotopic (exact) mass is 288 g/mol. The molecule has 2 aromatic carbocycles. The molecule has 0 heterocycles. The van der Waals surface area contributed by atoms with Crippen LogP contribution in [0.5, 0.6) is 0 Å². The van der Waals surface area contributed by atoms with Crippen molar-refractivity contribution < 1.29 is 12.6 Å². The molecule has 4 heteroatoms. The Kier molecular flexibility index (Phi) is 4.71. The summed E-state index contributed by atoms with van der Waals surface area (Å²) < 4.78 is 29.0. The highest BCUT2D eigenvalue weighted by atomic mass is 32.2. The van der Waals surface area contributed by atoms with Crippen molar-refractivity contribution in [2.24, 2.45) is 0 Å². The van der Waals surface area contributed by atoms with Crippen LogP contribution >= 0.6 is 0 Å². The summed E-state index contributed by atoms with van der Waals surface area (Å²) in [5.74, 6) is 0. The molecule has 0 saturated carbocycles. The van der Waals surface area contributed by atoms with Crippen LogP contribution in [0.1, 0.15) is 11.1 Å². The van der Waals surface area contributed by atoms with E-state index in [0.717, 1.165) is 11.1 Å². The molecule has 2 rings (SSSR count). The van der Waals surface area contributed by atoms with Crippen molar-refractivity contribution in [3.8, 4) is 0 Å². The van der Waals surface area contributed by atoms with Gasteiger partial charge in [-0.1, -0.05) is 55.1 Å². The highest BCUT2D eigenvalue weighted by Crippen LogP contribution is 2.14. The van der Waals surface area contributed by atoms with Crippen molar-refractivity contribution in [3.05, 3.63) is 72.3 Å². The maximum atomic E-state index is 12.0. The van der Waals surface area contributed by atoms with E-state index in [0.29, 0.717) is 6.42 Å². The average Bonchev–Trinajstić information content (AvgIpc) is 2.48. The Balaban J connectivity index is 1.98. The van der Waals surface area contributed by atoms with Crippen molar-refractivity contribution in [1.82, 2.24) is 0 Å². The van der Waals surface area contributed by atoms with Gasteiger partial charge in [-0.05, 0) is 29.7 Å². The minimum absolute atomic E-state index is 0.134. The molecule has 0 spiro atoms. The van der Waals surface area contributed by atoms with Crippen LogP contribution in [0.2, 0.25) is 0 Å². The number of benzene rings is 2. The minimum Gasteiger partial charge on any atom is -0.266 e. The number of hydrogen-bond acceptors (Lipinski definition) is 3. The molecule has 2 aromatic rings. The molecular formula is C16H16O3S. The third-order valence-corrected chi connectivity index (χ3v) is 4.20. The van der Waals surface area contributed by atoms with Gasteiger partial charge in [0, 0.05) is 0 Å². The van der Waals surface area contributed by atoms with Gasteiger partial charge >= 0.3 is 0 Å². The maximum absolute atomic E-state index is 12.0. The minimum atomic E-state index is -3.69. The van der Waals surface area contributed by atoms with Crippen LogP contribution in [0, 0.1) is 0 Å². The molecular weight excluding hydrogens is 272 g/mol. The van der Waals surface area contributed by atoms with Gasteiger partial charge in [0.15, 0.2) is 0 Å². The predicted molar refractivity (Wildman–Crippen MR) is 79.8 cm³/mol. The van der Waals surface area contributed by atoms with Crippen LogP contribution in [0.25, 0.3) is 6.08 Å². The zero-order chi connectivity index (χ0) is 14.4. The van der Waals surface area contributed by atoms with Crippen molar-refractivity contribution >= 4 is 16.2 Å². The van der Waals surface area contributed by atoms with Gasteiger partial charge in [0.25, 0.3) is 10.1 Å². The Hall–Kier alpha value is -1.91. The topological polar surface area (TPSA) is 43.4 Å². The summed E-state index contributed by atoms with van der Waals surface area (Å²) in [6.07, 6.45) is 2.22. The summed E-state index contributed by atoms with van der Waals surface area (Å²) in [4.78, 5) is 0.163. The van der Waals surface area contributed by atoms with Crippen LogP contribution in [0.4, 0.5) is 0 Å². The third kappa shape index (κ3) is 3.79. The highest BCUT2D eigenvalue weighted by molar-refractivity contribution is 7.86. The molecule has 104 valence electrons. The Morgan fingerprint density at radius 2 is 1.65 bits per heavy atom. The second kappa shape index (κ2) is 6.50. The molecule has 0 aliphatic carbocycles. The molecule has 0 amide bonds. The van der Waals surface area contributed by atoms with E-state index in [1.807, 2.05) is 30.3 Å². The second-order valence-corrected chi connectivity index (χ2v) is 5.90. The lowest BCUT2D eigenvalue weighted by Gasteiger charge is -2.06. The first-order valence-electron chi connectivity index (χ1n) is 6.28. The van der Waals surface area contributed by atoms with Crippen LogP contribution < -0.4 is 0 Å². The third-order valence-electron chi connectivity index (χ3n) is 2.88. The molecule has 0 unspecified atom stereocenters. The molecule has 0 fully saturated rings. The van der Waals surface area contributed by atoms with E-state index >= 15 is 0 Å². The van der Waals surface area contributed by atoms with Crippen LogP contribution in [-0.2, 0) is 20.7 Å². The van der Waals surface area contributed by atoms with E-state index in [-0.39, 0.29) is 11.5 Å². The summed E-state index contributed by atoms with van der Waals surface area (Å²) in [6, 6.07) is 16.1. The quantitative estimate of drug-likeness (QED) is 0.766. The van der Waals surface area contributed by atoms with Crippen molar-refractivity contribution in [3.63, 3.8) is 0 Å². The highest BCUT2D eigenvalue weighted by Gasteiger charge is 2.14. The van der Waals surface area contributed by atoms with E-state index < -0.39 is 10.1 Å². The van der Waals surface area contributed by atoms with E-state index in [4.69, 9.17) is 4.18 Å². The molecule has 0 N–H and O–H groups in total. The normalized spacial score (nSPS) is 11.2. The van der Waals surface area contributed by atoms with Gasteiger partial charge in [0.2, 0.25) is 0 Å². The lowest BCUT2D eigenvalue weighted by atomic mass is 10.2. The Bertz CT molecular complexity index is 659. The van der Waals surface area contributed by atoms with Gasteiger partial charge in [0.1, 0.15) is 0 Å². The van der Waals surface area contributed by atoms with E-state index in [1.165, 1.54) is 12.1 Å². The predicted octanol–water partition coefficient (Wildman–Crippen LogP) is 3.28. The summed E-state index contributed by atoms with van der Waals surface area (Å²) >= 11 is 0. The lowest BCUT2D eigenvalue weighted by molar-refractivity contribution is 0.322. The van der Waals surface area contributed by atoms with Crippen LogP contribution in [0.15, 0.2) is 66.1 Å². The molecule has 0 aromatic heterocycles.